The van der Waals surface area contributed by atoms with Crippen LogP contribution < -0.4 is 10.6 Å². The molecule has 2 aromatic carbocycles. The van der Waals surface area contributed by atoms with Crippen LogP contribution in [0.5, 0.6) is 0 Å². The van der Waals surface area contributed by atoms with Gasteiger partial charge in [-0.3, -0.25) is 9.59 Å². The van der Waals surface area contributed by atoms with E-state index in [2.05, 4.69) is 15.6 Å². The lowest BCUT2D eigenvalue weighted by Crippen LogP contribution is -2.19. The maximum absolute atomic E-state index is 13.7. The normalized spacial score (nSPS) is 10.3. The lowest BCUT2D eigenvalue weighted by atomic mass is 10.2. The van der Waals surface area contributed by atoms with Crippen LogP contribution in [0.4, 0.5) is 20.2 Å². The number of halogens is 2. The lowest BCUT2D eigenvalue weighted by molar-refractivity contribution is 0.101. The van der Waals surface area contributed by atoms with Crippen LogP contribution >= 0.6 is 0 Å². The molecule has 1 heterocycles. The number of rotatable bonds is 4. The Labute approximate surface area is 154 Å². The molecular weight excluding hydrogens is 352 g/mol. The molecule has 0 fully saturated rings. The van der Waals surface area contributed by atoms with E-state index in [1.165, 1.54) is 18.2 Å². The minimum absolute atomic E-state index is 0.0304. The van der Waals surface area contributed by atoms with Crippen LogP contribution in [0.25, 0.3) is 0 Å². The van der Waals surface area contributed by atoms with Gasteiger partial charge in [0.05, 0.1) is 5.69 Å². The second-order valence-electron chi connectivity index (χ2n) is 5.81. The topological polar surface area (TPSA) is 71.1 Å². The van der Waals surface area contributed by atoms with Crippen LogP contribution in [0.1, 0.15) is 26.5 Å². The van der Waals surface area contributed by atoms with Crippen LogP contribution in [0.15, 0.2) is 60.7 Å². The first-order valence-electron chi connectivity index (χ1n) is 8.04. The summed E-state index contributed by atoms with van der Waals surface area (Å²) in [5, 5.41) is 4.98. The second-order valence-corrected chi connectivity index (χ2v) is 5.81. The van der Waals surface area contributed by atoms with Crippen molar-refractivity contribution in [3.63, 3.8) is 0 Å². The van der Waals surface area contributed by atoms with E-state index in [1.807, 2.05) is 19.1 Å². The third-order valence-corrected chi connectivity index (χ3v) is 3.70. The number of aryl methyl sites for hydroxylation is 1. The van der Waals surface area contributed by atoms with Crippen molar-refractivity contribution < 1.29 is 18.4 Å². The smallest absolute Gasteiger partial charge is 0.274 e. The Morgan fingerprint density at radius 1 is 0.852 bits per heavy atom. The number of amides is 2. The molecule has 27 heavy (non-hydrogen) atoms. The molecule has 0 bridgehead atoms. The molecule has 3 aromatic rings. The van der Waals surface area contributed by atoms with Gasteiger partial charge in [0.15, 0.2) is 0 Å². The number of nitrogens with one attached hydrogen (secondary N) is 2. The van der Waals surface area contributed by atoms with Crippen LogP contribution in [-0.2, 0) is 0 Å². The van der Waals surface area contributed by atoms with E-state index in [0.29, 0.717) is 11.8 Å². The van der Waals surface area contributed by atoms with Gasteiger partial charge in [-0.1, -0.05) is 23.8 Å². The highest BCUT2D eigenvalue weighted by molar-refractivity contribution is 6.06. The Morgan fingerprint density at radius 2 is 1.48 bits per heavy atom. The van der Waals surface area contributed by atoms with Crippen molar-refractivity contribution in [1.82, 2.24) is 4.98 Å². The molecule has 2 amide bonds. The fourth-order valence-electron chi connectivity index (χ4n) is 2.30. The van der Waals surface area contributed by atoms with E-state index in [0.717, 1.165) is 17.7 Å². The average Bonchev–Trinajstić information content (AvgIpc) is 2.66. The molecule has 2 N–H and O–H groups in total. The SMILES string of the molecule is Cc1ccc(NC(=O)c2cccc(C(=O)Nc3ccc(F)cc3F)n2)cc1. The first kappa shape index (κ1) is 18.2. The summed E-state index contributed by atoms with van der Waals surface area (Å²) in [5.41, 5.74) is 1.42. The molecular formula is C20H15F2N3O2. The zero-order chi connectivity index (χ0) is 19.4. The maximum atomic E-state index is 13.7. The Bertz CT molecular complexity index is 1000. The first-order chi connectivity index (χ1) is 12.9. The van der Waals surface area contributed by atoms with Gasteiger partial charge in [0.2, 0.25) is 0 Å². The van der Waals surface area contributed by atoms with Gasteiger partial charge in [-0.2, -0.15) is 0 Å². The number of pyridine rings is 1. The van der Waals surface area contributed by atoms with Gasteiger partial charge in [0.1, 0.15) is 23.0 Å². The number of nitrogens with zero attached hydrogens (tertiary/aromatic N) is 1. The van der Waals surface area contributed by atoms with Crippen molar-refractivity contribution >= 4 is 23.2 Å². The van der Waals surface area contributed by atoms with Crippen molar-refractivity contribution in [2.24, 2.45) is 0 Å². The van der Waals surface area contributed by atoms with Crippen molar-refractivity contribution in [3.8, 4) is 0 Å². The zero-order valence-electron chi connectivity index (χ0n) is 14.3. The van der Waals surface area contributed by atoms with Gasteiger partial charge >= 0.3 is 0 Å². The summed E-state index contributed by atoms with van der Waals surface area (Å²) in [6, 6.07) is 14.3. The largest absolute Gasteiger partial charge is 0.321 e. The average molecular weight is 367 g/mol. The summed E-state index contributed by atoms with van der Waals surface area (Å²) in [7, 11) is 0. The molecule has 3 rings (SSSR count). The fraction of sp³-hybridized carbons (Fsp3) is 0.0500. The van der Waals surface area contributed by atoms with E-state index in [-0.39, 0.29) is 17.1 Å². The van der Waals surface area contributed by atoms with E-state index < -0.39 is 23.4 Å². The molecule has 0 spiro atoms. The molecule has 7 heteroatoms. The molecule has 0 saturated heterocycles. The highest BCUT2D eigenvalue weighted by atomic mass is 19.1. The third-order valence-electron chi connectivity index (χ3n) is 3.70. The van der Waals surface area contributed by atoms with Crippen LogP contribution in [0.2, 0.25) is 0 Å². The fourth-order valence-corrected chi connectivity index (χ4v) is 2.30. The minimum Gasteiger partial charge on any atom is -0.321 e. The van der Waals surface area contributed by atoms with E-state index in [4.69, 9.17) is 0 Å². The van der Waals surface area contributed by atoms with Crippen molar-refractivity contribution in [3.05, 3.63) is 89.2 Å². The van der Waals surface area contributed by atoms with Gasteiger partial charge in [0, 0.05) is 11.8 Å². The van der Waals surface area contributed by atoms with Gasteiger partial charge in [-0.15, -0.1) is 0 Å². The summed E-state index contributed by atoms with van der Waals surface area (Å²) >= 11 is 0. The lowest BCUT2D eigenvalue weighted by Gasteiger charge is -2.08. The van der Waals surface area contributed by atoms with Crippen molar-refractivity contribution in [2.45, 2.75) is 6.92 Å². The monoisotopic (exact) mass is 367 g/mol. The van der Waals surface area contributed by atoms with Gasteiger partial charge in [0.25, 0.3) is 11.8 Å². The molecule has 1 aromatic heterocycles. The summed E-state index contributed by atoms with van der Waals surface area (Å²) in [5.74, 6) is -2.86. The number of carbonyl (C=O) groups is 2. The van der Waals surface area contributed by atoms with E-state index in [9.17, 15) is 18.4 Å². The number of hydrogen-bond acceptors (Lipinski definition) is 3. The zero-order valence-corrected chi connectivity index (χ0v) is 14.3. The molecule has 0 aliphatic carbocycles. The molecule has 0 saturated carbocycles. The molecule has 0 atom stereocenters. The van der Waals surface area contributed by atoms with Gasteiger partial charge in [-0.05, 0) is 43.3 Å². The second kappa shape index (κ2) is 7.74. The molecule has 5 nitrogen and oxygen atoms in total. The Hall–Kier alpha value is -3.61. The number of anilines is 2. The molecule has 0 aliphatic rings. The minimum atomic E-state index is -0.906. The highest BCUT2D eigenvalue weighted by Gasteiger charge is 2.14. The summed E-state index contributed by atoms with van der Waals surface area (Å²) < 4.78 is 26.6. The number of benzene rings is 2. The molecule has 0 radical (unpaired) electrons. The van der Waals surface area contributed by atoms with E-state index >= 15 is 0 Å². The van der Waals surface area contributed by atoms with E-state index in [1.54, 1.807) is 12.1 Å². The Morgan fingerprint density at radius 3 is 2.11 bits per heavy atom. The predicted molar refractivity (Wildman–Crippen MR) is 97.7 cm³/mol. The number of hydrogen-bond donors (Lipinski definition) is 2. The summed E-state index contributed by atoms with van der Waals surface area (Å²) in [4.78, 5) is 28.6. The standard InChI is InChI=1S/C20H15F2N3O2/c1-12-5-8-14(9-6-12)23-19(26)17-3-2-4-18(24-17)20(27)25-16-10-7-13(21)11-15(16)22/h2-11H,1H3,(H,23,26)(H,25,27). The Balaban J connectivity index is 1.75. The highest BCUT2D eigenvalue weighted by Crippen LogP contribution is 2.16. The van der Waals surface area contributed by atoms with Gasteiger partial charge in [-0.25, -0.2) is 13.8 Å². The summed E-state index contributed by atoms with van der Waals surface area (Å²) in [6.07, 6.45) is 0. The quantitative estimate of drug-likeness (QED) is 0.727. The third kappa shape index (κ3) is 4.52. The molecule has 136 valence electrons. The summed E-state index contributed by atoms with van der Waals surface area (Å²) in [6.45, 7) is 1.93. The van der Waals surface area contributed by atoms with Crippen molar-refractivity contribution in [2.75, 3.05) is 10.6 Å². The first-order valence-corrected chi connectivity index (χ1v) is 8.04. The maximum Gasteiger partial charge on any atom is 0.274 e. The molecule has 0 unspecified atom stereocenters. The van der Waals surface area contributed by atoms with Gasteiger partial charge < -0.3 is 10.6 Å². The Kier molecular flexibility index (Phi) is 5.21. The van der Waals surface area contributed by atoms with Crippen LogP contribution in [0, 0.1) is 18.6 Å². The van der Waals surface area contributed by atoms with Crippen LogP contribution in [0.3, 0.4) is 0 Å². The number of carbonyl (C=O) groups excluding carboxylic acids is 2. The number of aromatic nitrogens is 1. The van der Waals surface area contributed by atoms with Crippen molar-refractivity contribution in [1.29, 1.82) is 0 Å². The van der Waals surface area contributed by atoms with Crippen LogP contribution in [-0.4, -0.2) is 16.8 Å². The molecule has 0 aliphatic heterocycles. The predicted octanol–water partition coefficient (Wildman–Crippen LogP) is 4.17.